The Morgan fingerprint density at radius 2 is 1.93 bits per heavy atom. The quantitative estimate of drug-likeness (QED) is 0.718. The lowest BCUT2D eigenvalue weighted by Gasteiger charge is -2.14. The van der Waals surface area contributed by atoms with Crippen LogP contribution in [-0.2, 0) is 4.79 Å². The van der Waals surface area contributed by atoms with Crippen LogP contribution >= 0.6 is 0 Å². The summed E-state index contributed by atoms with van der Waals surface area (Å²) in [4.78, 5) is 13.8. The summed E-state index contributed by atoms with van der Waals surface area (Å²) in [6.45, 7) is 1.73. The van der Waals surface area contributed by atoms with Gasteiger partial charge in [0, 0.05) is 19.0 Å². The molecule has 0 heterocycles. The van der Waals surface area contributed by atoms with Crippen LogP contribution in [0.5, 0.6) is 0 Å². The third-order valence-electron chi connectivity index (χ3n) is 3.47. The zero-order valence-corrected chi connectivity index (χ0v) is 9.12. The highest BCUT2D eigenvalue weighted by atomic mass is 16.1. The van der Waals surface area contributed by atoms with Gasteiger partial charge in [0.1, 0.15) is 0 Å². The maximum absolute atomic E-state index is 11.7. The number of carbonyl (C=O) groups excluding carboxylic acids is 1. The Hall–Kier alpha value is -0.570. The number of amides is 1. The molecule has 0 aromatic heterocycles. The Labute approximate surface area is 85.8 Å². The lowest BCUT2D eigenvalue weighted by atomic mass is 10.0. The molecule has 80 valence electrons. The van der Waals surface area contributed by atoms with E-state index in [1.54, 1.807) is 0 Å². The van der Waals surface area contributed by atoms with E-state index in [2.05, 4.69) is 10.2 Å². The number of hydrogen-bond donors (Lipinski definition) is 1. The van der Waals surface area contributed by atoms with Crippen LogP contribution in [0.1, 0.15) is 19.3 Å². The maximum atomic E-state index is 11.7. The zero-order chi connectivity index (χ0) is 10.1. The van der Waals surface area contributed by atoms with Gasteiger partial charge >= 0.3 is 0 Å². The average Bonchev–Trinajstić information content (AvgIpc) is 2.73. The first-order valence-corrected chi connectivity index (χ1v) is 5.59. The van der Waals surface area contributed by atoms with Gasteiger partial charge in [-0.1, -0.05) is 0 Å². The van der Waals surface area contributed by atoms with Crippen molar-refractivity contribution in [3.63, 3.8) is 0 Å². The van der Waals surface area contributed by atoms with Gasteiger partial charge in [-0.3, -0.25) is 4.79 Å². The first-order chi connectivity index (χ1) is 6.66. The van der Waals surface area contributed by atoms with Gasteiger partial charge in [0.05, 0.1) is 0 Å². The van der Waals surface area contributed by atoms with Crippen LogP contribution in [0.25, 0.3) is 0 Å². The molecule has 0 spiro atoms. The minimum Gasteiger partial charge on any atom is -0.355 e. The number of fused-ring (bicyclic) bond motifs is 1. The second-order valence-corrected chi connectivity index (χ2v) is 5.02. The highest BCUT2D eigenvalue weighted by molar-refractivity contribution is 5.79. The number of nitrogens with zero attached hydrogens (tertiary/aromatic N) is 1. The third-order valence-corrected chi connectivity index (χ3v) is 3.47. The van der Waals surface area contributed by atoms with E-state index < -0.39 is 0 Å². The molecule has 0 aliphatic heterocycles. The summed E-state index contributed by atoms with van der Waals surface area (Å²) in [6, 6.07) is 0. The zero-order valence-electron chi connectivity index (χ0n) is 9.12. The number of hydrogen-bond acceptors (Lipinski definition) is 2. The first kappa shape index (κ1) is 9.97. The van der Waals surface area contributed by atoms with Crippen LogP contribution in [0.3, 0.4) is 0 Å². The summed E-state index contributed by atoms with van der Waals surface area (Å²) in [7, 11) is 4.05. The number of nitrogens with one attached hydrogen (secondary N) is 1. The fourth-order valence-corrected chi connectivity index (χ4v) is 2.48. The Bertz CT molecular complexity index is 217. The molecule has 0 aromatic rings. The van der Waals surface area contributed by atoms with Crippen molar-refractivity contribution < 1.29 is 4.79 Å². The smallest absolute Gasteiger partial charge is 0.223 e. The molecule has 2 saturated carbocycles. The molecule has 0 saturated heterocycles. The molecule has 14 heavy (non-hydrogen) atoms. The summed E-state index contributed by atoms with van der Waals surface area (Å²) in [5, 5.41) is 3.02. The van der Waals surface area contributed by atoms with Gasteiger partial charge < -0.3 is 10.2 Å². The first-order valence-electron chi connectivity index (χ1n) is 5.59. The minimum atomic E-state index is 0.291. The molecule has 2 fully saturated rings. The normalized spacial score (nSPS) is 34.4. The van der Waals surface area contributed by atoms with Crippen molar-refractivity contribution >= 4 is 5.91 Å². The molecular formula is C11H20N2O. The molecular weight excluding hydrogens is 176 g/mol. The Kier molecular flexibility index (Phi) is 2.77. The Morgan fingerprint density at radius 1 is 1.29 bits per heavy atom. The van der Waals surface area contributed by atoms with Crippen molar-refractivity contribution in [1.29, 1.82) is 0 Å². The molecule has 2 unspecified atom stereocenters. The van der Waals surface area contributed by atoms with E-state index in [1.807, 2.05) is 14.1 Å². The summed E-state index contributed by atoms with van der Waals surface area (Å²) in [6.07, 6.45) is 3.69. The van der Waals surface area contributed by atoms with Crippen molar-refractivity contribution in [3.05, 3.63) is 0 Å². The number of carbonyl (C=O) groups is 1. The van der Waals surface area contributed by atoms with Crippen molar-refractivity contribution in [2.24, 2.45) is 17.8 Å². The van der Waals surface area contributed by atoms with Gasteiger partial charge in [0.25, 0.3) is 0 Å². The SMILES string of the molecule is CN(C)CCNC(=O)C1CC2CC2C1. The van der Waals surface area contributed by atoms with E-state index in [4.69, 9.17) is 0 Å². The van der Waals surface area contributed by atoms with Crippen LogP contribution in [0.2, 0.25) is 0 Å². The molecule has 1 amide bonds. The predicted molar refractivity (Wildman–Crippen MR) is 55.9 cm³/mol. The van der Waals surface area contributed by atoms with Crippen LogP contribution in [0, 0.1) is 17.8 Å². The van der Waals surface area contributed by atoms with Gasteiger partial charge in [-0.25, -0.2) is 0 Å². The monoisotopic (exact) mass is 196 g/mol. The lowest BCUT2D eigenvalue weighted by Crippen LogP contribution is -2.35. The predicted octanol–water partition coefficient (Wildman–Crippen LogP) is 0.710. The molecule has 3 heteroatoms. The van der Waals surface area contributed by atoms with E-state index in [1.165, 1.54) is 6.42 Å². The highest BCUT2D eigenvalue weighted by Crippen LogP contribution is 2.54. The lowest BCUT2D eigenvalue weighted by molar-refractivity contribution is -0.125. The second-order valence-electron chi connectivity index (χ2n) is 5.02. The summed E-state index contributed by atoms with van der Waals surface area (Å²) < 4.78 is 0. The van der Waals surface area contributed by atoms with Gasteiger partial charge in [-0.2, -0.15) is 0 Å². The summed E-state index contributed by atoms with van der Waals surface area (Å²) >= 11 is 0. The van der Waals surface area contributed by atoms with Crippen LogP contribution in [0.15, 0.2) is 0 Å². The molecule has 2 aliphatic carbocycles. The fraction of sp³-hybridized carbons (Fsp3) is 0.909. The van der Waals surface area contributed by atoms with E-state index in [9.17, 15) is 4.79 Å². The number of likely N-dealkylation sites (N-methyl/N-ethyl adjacent to an activating group) is 1. The standard InChI is InChI=1S/C11H20N2O/c1-13(2)4-3-12-11(14)10-6-8-5-9(8)7-10/h8-10H,3-7H2,1-2H3,(H,12,14). The molecule has 2 atom stereocenters. The van der Waals surface area contributed by atoms with Crippen LogP contribution in [0.4, 0.5) is 0 Å². The molecule has 0 aromatic carbocycles. The third kappa shape index (κ3) is 2.27. The highest BCUT2D eigenvalue weighted by Gasteiger charge is 2.47. The van der Waals surface area contributed by atoms with Gasteiger partial charge in [-0.15, -0.1) is 0 Å². The van der Waals surface area contributed by atoms with Crippen LogP contribution < -0.4 is 5.32 Å². The molecule has 3 nitrogen and oxygen atoms in total. The van der Waals surface area contributed by atoms with E-state index in [0.29, 0.717) is 11.8 Å². The van der Waals surface area contributed by atoms with E-state index in [-0.39, 0.29) is 0 Å². The minimum absolute atomic E-state index is 0.291. The van der Waals surface area contributed by atoms with Crippen LogP contribution in [-0.4, -0.2) is 38.0 Å². The van der Waals surface area contributed by atoms with E-state index in [0.717, 1.165) is 37.8 Å². The van der Waals surface area contributed by atoms with Gasteiger partial charge in [-0.05, 0) is 45.2 Å². The van der Waals surface area contributed by atoms with Crippen molar-refractivity contribution in [1.82, 2.24) is 10.2 Å². The average molecular weight is 196 g/mol. The molecule has 1 N–H and O–H groups in total. The molecule has 0 bridgehead atoms. The summed E-state index contributed by atoms with van der Waals surface area (Å²) in [5.74, 6) is 2.43. The topological polar surface area (TPSA) is 32.3 Å². The fourth-order valence-electron chi connectivity index (χ4n) is 2.48. The van der Waals surface area contributed by atoms with Crippen molar-refractivity contribution in [3.8, 4) is 0 Å². The number of rotatable bonds is 4. The Balaban J connectivity index is 1.63. The van der Waals surface area contributed by atoms with Gasteiger partial charge in [0.15, 0.2) is 0 Å². The summed E-state index contributed by atoms with van der Waals surface area (Å²) in [5.41, 5.74) is 0. The molecule has 0 radical (unpaired) electrons. The Morgan fingerprint density at radius 3 is 2.50 bits per heavy atom. The van der Waals surface area contributed by atoms with Gasteiger partial charge in [0.2, 0.25) is 5.91 Å². The molecule has 2 aliphatic rings. The molecule has 2 rings (SSSR count). The van der Waals surface area contributed by atoms with Crippen molar-refractivity contribution in [2.45, 2.75) is 19.3 Å². The largest absolute Gasteiger partial charge is 0.355 e. The second kappa shape index (κ2) is 3.89. The maximum Gasteiger partial charge on any atom is 0.223 e. The van der Waals surface area contributed by atoms with E-state index >= 15 is 0 Å². The van der Waals surface area contributed by atoms with Crippen molar-refractivity contribution in [2.75, 3.05) is 27.2 Å².